The van der Waals surface area contributed by atoms with Gasteiger partial charge in [-0.25, -0.2) is 4.98 Å². The van der Waals surface area contributed by atoms with E-state index in [-0.39, 0.29) is 18.1 Å². The second kappa shape index (κ2) is 12.6. The number of amides is 1. The molecule has 1 N–H and O–H groups in total. The van der Waals surface area contributed by atoms with Crippen molar-refractivity contribution < 1.29 is 9.59 Å². The van der Waals surface area contributed by atoms with E-state index in [0.717, 1.165) is 39.0 Å². The summed E-state index contributed by atoms with van der Waals surface area (Å²) in [5.74, 6) is 0.505. The number of imidazole rings is 1. The monoisotopic (exact) mass is 582 g/mol. The average Bonchev–Trinajstić information content (AvgIpc) is 3.68. The summed E-state index contributed by atoms with van der Waals surface area (Å²) >= 11 is 1.38. The summed E-state index contributed by atoms with van der Waals surface area (Å²) in [5, 5.41) is 12.2. The van der Waals surface area contributed by atoms with Gasteiger partial charge in [-0.1, -0.05) is 30.3 Å². The Morgan fingerprint density at radius 3 is 2.60 bits per heavy atom. The maximum atomic E-state index is 13.5. The second-order valence-electron chi connectivity index (χ2n) is 10.0. The molecule has 210 valence electrons. The Morgan fingerprint density at radius 1 is 0.907 bits per heavy atom. The predicted octanol–water partition coefficient (Wildman–Crippen LogP) is 6.02. The summed E-state index contributed by atoms with van der Waals surface area (Å²) in [6.45, 7) is 0.998. The van der Waals surface area contributed by atoms with Gasteiger partial charge < -0.3 is 9.88 Å². The van der Waals surface area contributed by atoms with Gasteiger partial charge in [-0.2, -0.15) is 5.26 Å². The van der Waals surface area contributed by atoms with Gasteiger partial charge in [0.2, 0.25) is 0 Å². The minimum atomic E-state index is -0.139. The number of hydrogen-bond acceptors (Lipinski definition) is 7. The molecule has 0 saturated heterocycles. The summed E-state index contributed by atoms with van der Waals surface area (Å²) in [6, 6.07) is 26.6. The molecule has 9 heteroatoms. The number of aromatic nitrogens is 4. The summed E-state index contributed by atoms with van der Waals surface area (Å²) < 4.78 is 2.10. The van der Waals surface area contributed by atoms with Crippen LogP contribution in [0.25, 0.3) is 21.5 Å². The topological polar surface area (TPSA) is 114 Å². The number of aryl methyl sites for hydroxylation is 2. The van der Waals surface area contributed by atoms with Crippen LogP contribution in [0, 0.1) is 11.3 Å². The molecule has 0 aliphatic carbocycles. The fraction of sp³-hybridized carbons (Fsp3) is 0.118. The van der Waals surface area contributed by atoms with Gasteiger partial charge in [0.15, 0.2) is 5.78 Å². The van der Waals surface area contributed by atoms with E-state index in [1.165, 1.54) is 17.5 Å². The first kappa shape index (κ1) is 27.7. The van der Waals surface area contributed by atoms with Crippen LogP contribution in [0.3, 0.4) is 0 Å². The molecule has 0 fully saturated rings. The maximum absolute atomic E-state index is 13.5. The molecular formula is C34H26N6O2S. The molecule has 43 heavy (non-hydrogen) atoms. The molecule has 0 radical (unpaired) electrons. The number of nitriles is 1. The smallest absolute Gasteiger partial charge is 0.251 e. The highest BCUT2D eigenvalue weighted by atomic mass is 32.1. The summed E-state index contributed by atoms with van der Waals surface area (Å²) in [5.41, 5.74) is 5.59. The van der Waals surface area contributed by atoms with Crippen molar-refractivity contribution >= 4 is 34.1 Å². The van der Waals surface area contributed by atoms with Crippen LogP contribution in [-0.4, -0.2) is 31.2 Å². The van der Waals surface area contributed by atoms with Gasteiger partial charge in [0.05, 0.1) is 27.9 Å². The van der Waals surface area contributed by atoms with Crippen molar-refractivity contribution in [3.63, 3.8) is 0 Å². The van der Waals surface area contributed by atoms with Crippen molar-refractivity contribution in [2.45, 2.75) is 25.9 Å². The van der Waals surface area contributed by atoms with E-state index < -0.39 is 0 Å². The zero-order valence-electron chi connectivity index (χ0n) is 23.1. The molecule has 2 aromatic carbocycles. The Hall–Kier alpha value is -5.46. The maximum Gasteiger partial charge on any atom is 0.251 e. The van der Waals surface area contributed by atoms with Crippen molar-refractivity contribution in [3.05, 3.63) is 137 Å². The van der Waals surface area contributed by atoms with E-state index >= 15 is 0 Å². The molecule has 0 atom stereocenters. The summed E-state index contributed by atoms with van der Waals surface area (Å²) in [4.78, 5) is 40.8. The standard InChI is InChI=1S/C34H26N6O2S/c35-18-25-15-27(22-37-20-25)31-10-11-32(43-31)30(41)17-33-39-28-16-24(21-38-34(42)26-6-2-1-3-7-26)8-9-29(28)40(33)14-12-23-5-4-13-36-19-23/h1-11,13,15-16,19-20,22H,12,14,17,21H2,(H,38,42). The zero-order valence-corrected chi connectivity index (χ0v) is 23.9. The lowest BCUT2D eigenvalue weighted by molar-refractivity contribution is 0.0949. The van der Waals surface area contributed by atoms with Gasteiger partial charge >= 0.3 is 0 Å². The van der Waals surface area contributed by atoms with Crippen LogP contribution >= 0.6 is 11.3 Å². The van der Waals surface area contributed by atoms with Gasteiger partial charge in [-0.05, 0) is 66.1 Å². The number of ketones is 1. The molecule has 0 spiro atoms. The Morgan fingerprint density at radius 2 is 1.79 bits per heavy atom. The lowest BCUT2D eigenvalue weighted by atomic mass is 10.1. The highest BCUT2D eigenvalue weighted by molar-refractivity contribution is 7.17. The van der Waals surface area contributed by atoms with Crippen molar-refractivity contribution in [2.75, 3.05) is 0 Å². The van der Waals surface area contributed by atoms with Crippen molar-refractivity contribution in [2.24, 2.45) is 0 Å². The second-order valence-corrected chi connectivity index (χ2v) is 11.1. The van der Waals surface area contributed by atoms with Crippen molar-refractivity contribution in [3.8, 4) is 16.5 Å². The number of rotatable bonds is 10. The first-order valence-corrected chi connectivity index (χ1v) is 14.6. The quantitative estimate of drug-likeness (QED) is 0.198. The number of carbonyl (C=O) groups is 2. The van der Waals surface area contributed by atoms with Crippen molar-refractivity contribution in [1.82, 2.24) is 24.8 Å². The normalized spacial score (nSPS) is 10.9. The van der Waals surface area contributed by atoms with Gasteiger partial charge in [-0.15, -0.1) is 11.3 Å². The lowest BCUT2D eigenvalue weighted by Crippen LogP contribution is -2.22. The van der Waals surface area contributed by atoms with Crippen LogP contribution in [0.2, 0.25) is 0 Å². The van der Waals surface area contributed by atoms with Crippen LogP contribution in [0.5, 0.6) is 0 Å². The predicted molar refractivity (Wildman–Crippen MR) is 166 cm³/mol. The molecule has 8 nitrogen and oxygen atoms in total. The van der Waals surface area contributed by atoms with Gasteiger partial charge in [0.25, 0.3) is 5.91 Å². The Balaban J connectivity index is 1.25. The summed E-state index contributed by atoms with van der Waals surface area (Å²) in [6.07, 6.45) is 7.68. The minimum Gasteiger partial charge on any atom is -0.348 e. The van der Waals surface area contributed by atoms with E-state index in [9.17, 15) is 14.9 Å². The van der Waals surface area contributed by atoms with Gasteiger partial charge in [0.1, 0.15) is 11.9 Å². The molecule has 4 heterocycles. The van der Waals surface area contributed by atoms with E-state index in [1.807, 2.05) is 66.9 Å². The molecule has 0 bridgehead atoms. The highest BCUT2D eigenvalue weighted by Crippen LogP contribution is 2.29. The Kier molecular flexibility index (Phi) is 8.11. The number of fused-ring (bicyclic) bond motifs is 1. The fourth-order valence-corrected chi connectivity index (χ4v) is 5.81. The molecule has 0 aliphatic heterocycles. The third-order valence-electron chi connectivity index (χ3n) is 7.08. The van der Waals surface area contributed by atoms with E-state index in [1.54, 1.807) is 30.6 Å². The van der Waals surface area contributed by atoms with Gasteiger partial charge in [-0.3, -0.25) is 19.6 Å². The molecular weight excluding hydrogens is 556 g/mol. The van der Waals surface area contributed by atoms with Crippen LogP contribution in [-0.2, 0) is 25.9 Å². The number of nitrogens with zero attached hydrogens (tertiary/aromatic N) is 5. The third kappa shape index (κ3) is 6.40. The molecule has 6 aromatic rings. The van der Waals surface area contributed by atoms with Crippen LogP contribution in [0.1, 0.15) is 42.5 Å². The largest absolute Gasteiger partial charge is 0.348 e. The molecule has 4 aromatic heterocycles. The number of hydrogen-bond donors (Lipinski definition) is 1. The number of Topliss-reactive ketones (excluding diaryl/α,β-unsaturated/α-hetero) is 1. The fourth-order valence-electron chi connectivity index (χ4n) is 4.89. The molecule has 0 unspecified atom stereocenters. The first-order valence-electron chi connectivity index (χ1n) is 13.8. The number of carbonyl (C=O) groups excluding carboxylic acids is 2. The zero-order chi connectivity index (χ0) is 29.6. The number of thiophene rings is 1. The number of nitrogens with one attached hydrogen (secondary N) is 1. The lowest BCUT2D eigenvalue weighted by Gasteiger charge is -2.10. The number of benzene rings is 2. The Bertz CT molecular complexity index is 1960. The minimum absolute atomic E-state index is 0.0334. The van der Waals surface area contributed by atoms with Crippen LogP contribution in [0.4, 0.5) is 0 Å². The summed E-state index contributed by atoms with van der Waals surface area (Å²) in [7, 11) is 0. The molecule has 0 saturated carbocycles. The van der Waals surface area contributed by atoms with Crippen LogP contribution < -0.4 is 5.32 Å². The van der Waals surface area contributed by atoms with E-state index in [0.29, 0.717) is 34.9 Å². The first-order chi connectivity index (χ1) is 21.1. The van der Waals surface area contributed by atoms with Crippen LogP contribution in [0.15, 0.2) is 104 Å². The molecule has 6 rings (SSSR count). The highest BCUT2D eigenvalue weighted by Gasteiger charge is 2.18. The SMILES string of the molecule is N#Cc1cncc(-c2ccc(C(=O)Cc3nc4cc(CNC(=O)c5ccccc5)ccc4n3CCc3cccnc3)s2)c1. The third-order valence-corrected chi connectivity index (χ3v) is 8.25. The molecule has 0 aliphatic rings. The number of pyridine rings is 2. The van der Waals surface area contributed by atoms with E-state index in [2.05, 4.69) is 25.9 Å². The Labute approximate surface area is 252 Å². The van der Waals surface area contributed by atoms with E-state index in [4.69, 9.17) is 4.98 Å². The van der Waals surface area contributed by atoms with Crippen molar-refractivity contribution in [1.29, 1.82) is 5.26 Å². The van der Waals surface area contributed by atoms with Gasteiger partial charge in [0, 0.05) is 53.9 Å². The average molecular weight is 583 g/mol. The molecule has 1 amide bonds.